The molecule has 0 aromatic carbocycles. The fraction of sp³-hybridized carbons (Fsp3) is 0.818. The number of carbonyl (C=O) groups is 2. The molecule has 1 aliphatic carbocycles. The molecule has 0 aliphatic heterocycles. The number of nitrogens with one attached hydrogen (secondary N) is 1. The lowest BCUT2D eigenvalue weighted by atomic mass is 10.3. The van der Waals surface area contributed by atoms with Gasteiger partial charge in [-0.15, -0.1) is 0 Å². The zero-order valence-corrected chi connectivity index (χ0v) is 10.1. The van der Waals surface area contributed by atoms with E-state index >= 15 is 0 Å². The van der Waals surface area contributed by atoms with Crippen LogP contribution >= 0.6 is 0 Å². The smallest absolute Gasteiger partial charge is 0.307 e. The van der Waals surface area contributed by atoms with Crippen LogP contribution in [0.25, 0.3) is 0 Å². The molecule has 98 valence electrons. The Balaban J connectivity index is 2.25. The first-order valence-electron chi connectivity index (χ1n) is 5.83. The fourth-order valence-electron chi connectivity index (χ4n) is 1.61. The van der Waals surface area contributed by atoms with Gasteiger partial charge < -0.3 is 19.9 Å². The lowest BCUT2D eigenvalue weighted by molar-refractivity contribution is -0.143. The molecule has 2 N–H and O–H groups in total. The summed E-state index contributed by atoms with van der Waals surface area (Å²) in [6, 6.07) is 0. The van der Waals surface area contributed by atoms with Crippen molar-refractivity contribution in [3.8, 4) is 0 Å². The van der Waals surface area contributed by atoms with E-state index in [1.54, 1.807) is 0 Å². The quantitative estimate of drug-likeness (QED) is 0.598. The van der Waals surface area contributed by atoms with Gasteiger partial charge in [0, 0.05) is 13.2 Å². The van der Waals surface area contributed by atoms with Gasteiger partial charge in [-0.1, -0.05) is 0 Å². The Labute approximate surface area is 100 Å². The summed E-state index contributed by atoms with van der Waals surface area (Å²) >= 11 is 0. The Morgan fingerprint density at radius 1 is 1.29 bits per heavy atom. The van der Waals surface area contributed by atoms with Gasteiger partial charge >= 0.3 is 5.97 Å². The molecule has 0 aromatic heterocycles. The largest absolute Gasteiger partial charge is 0.481 e. The molecule has 2 unspecified atom stereocenters. The average Bonchev–Trinajstić information content (AvgIpc) is 3.06. The number of carboxylic acids is 1. The molecule has 0 saturated heterocycles. The van der Waals surface area contributed by atoms with Crippen molar-refractivity contribution < 1.29 is 24.2 Å². The molecule has 1 fully saturated rings. The predicted octanol–water partition coefficient (Wildman–Crippen LogP) is 0.222. The molecule has 17 heavy (non-hydrogen) atoms. The molecule has 6 heteroatoms. The van der Waals surface area contributed by atoms with Gasteiger partial charge in [0.05, 0.1) is 18.4 Å². The van der Waals surface area contributed by atoms with Gasteiger partial charge in [-0.2, -0.15) is 0 Å². The second kappa shape index (κ2) is 6.56. The maximum Gasteiger partial charge on any atom is 0.307 e. The Kier molecular flexibility index (Phi) is 5.37. The lowest BCUT2D eigenvalue weighted by Crippen LogP contribution is -2.36. The van der Waals surface area contributed by atoms with Crippen LogP contribution in [0, 0.1) is 11.8 Å². The molecule has 0 bridgehead atoms. The molecular weight excluding hydrogens is 226 g/mol. The van der Waals surface area contributed by atoms with Crippen LogP contribution in [0.2, 0.25) is 0 Å². The number of hydrogen-bond acceptors (Lipinski definition) is 4. The predicted molar refractivity (Wildman–Crippen MR) is 59.3 cm³/mol. The number of ether oxygens (including phenoxy) is 2. The maximum absolute atomic E-state index is 11.5. The highest BCUT2D eigenvalue weighted by atomic mass is 16.7. The average molecular weight is 245 g/mol. The first-order valence-corrected chi connectivity index (χ1v) is 5.83. The summed E-state index contributed by atoms with van der Waals surface area (Å²) in [5, 5.41) is 11.3. The van der Waals surface area contributed by atoms with Crippen LogP contribution in [0.3, 0.4) is 0 Å². The Hall–Kier alpha value is -1.14. The second-order valence-corrected chi connectivity index (χ2v) is 3.87. The van der Waals surface area contributed by atoms with Gasteiger partial charge in [0.25, 0.3) is 0 Å². The summed E-state index contributed by atoms with van der Waals surface area (Å²) in [6.45, 7) is 4.94. The number of aliphatic carboxylic acids is 1. The first-order chi connectivity index (χ1) is 8.10. The number of amides is 1. The van der Waals surface area contributed by atoms with E-state index in [4.69, 9.17) is 14.6 Å². The summed E-state index contributed by atoms with van der Waals surface area (Å²) < 4.78 is 10.5. The van der Waals surface area contributed by atoms with Crippen LogP contribution in [-0.4, -0.2) is 43.0 Å². The van der Waals surface area contributed by atoms with Gasteiger partial charge in [0.2, 0.25) is 5.91 Å². The van der Waals surface area contributed by atoms with Crippen molar-refractivity contribution >= 4 is 11.9 Å². The minimum atomic E-state index is -0.906. The van der Waals surface area contributed by atoms with E-state index in [0.717, 1.165) is 0 Å². The summed E-state index contributed by atoms with van der Waals surface area (Å²) in [6.07, 6.45) is -0.0364. The molecule has 1 rings (SSSR count). The Morgan fingerprint density at radius 2 is 1.88 bits per heavy atom. The summed E-state index contributed by atoms with van der Waals surface area (Å²) in [5.41, 5.74) is 0. The van der Waals surface area contributed by atoms with Gasteiger partial charge in [-0.3, -0.25) is 9.59 Å². The monoisotopic (exact) mass is 245 g/mol. The van der Waals surface area contributed by atoms with E-state index in [1.165, 1.54) is 0 Å². The van der Waals surface area contributed by atoms with Crippen molar-refractivity contribution in [2.45, 2.75) is 26.6 Å². The van der Waals surface area contributed by atoms with Crippen molar-refractivity contribution in [3.05, 3.63) is 0 Å². The molecule has 6 nitrogen and oxygen atoms in total. The molecular formula is C11H19NO5. The van der Waals surface area contributed by atoms with Crippen LogP contribution in [0.5, 0.6) is 0 Å². The highest BCUT2D eigenvalue weighted by Crippen LogP contribution is 2.38. The van der Waals surface area contributed by atoms with E-state index in [0.29, 0.717) is 19.6 Å². The third-order valence-electron chi connectivity index (χ3n) is 2.59. The minimum absolute atomic E-state index is 0.234. The number of carbonyl (C=O) groups excluding carboxylic acids is 1. The molecule has 0 radical (unpaired) electrons. The van der Waals surface area contributed by atoms with Crippen LogP contribution in [-0.2, 0) is 19.1 Å². The summed E-state index contributed by atoms with van der Waals surface area (Å²) in [7, 11) is 0. The van der Waals surface area contributed by atoms with Crippen LogP contribution < -0.4 is 5.32 Å². The van der Waals surface area contributed by atoms with Crippen LogP contribution in [0.4, 0.5) is 0 Å². The standard InChI is InChI=1S/C11H19NO5/c1-3-16-9(17-4-2)6-12-10(13)7-5-8(7)11(14)15/h7-9H,3-6H2,1-2H3,(H,12,13)(H,14,15). The van der Waals surface area contributed by atoms with E-state index in [1.807, 2.05) is 13.8 Å². The van der Waals surface area contributed by atoms with Gasteiger partial charge in [-0.25, -0.2) is 0 Å². The van der Waals surface area contributed by atoms with Gasteiger partial charge in [-0.05, 0) is 20.3 Å². The Bertz CT molecular complexity index is 275. The number of carboxylic acid groups (broad SMARTS) is 1. The van der Waals surface area contributed by atoms with Crippen molar-refractivity contribution in [3.63, 3.8) is 0 Å². The van der Waals surface area contributed by atoms with Crippen LogP contribution in [0.1, 0.15) is 20.3 Å². The highest BCUT2D eigenvalue weighted by Gasteiger charge is 2.48. The molecule has 1 amide bonds. The Morgan fingerprint density at radius 3 is 2.29 bits per heavy atom. The SMILES string of the molecule is CCOC(CNC(=O)C1CC1C(=O)O)OCC. The molecule has 0 aromatic rings. The first kappa shape index (κ1) is 13.9. The van der Waals surface area contributed by atoms with Crippen molar-refractivity contribution in [1.82, 2.24) is 5.32 Å². The van der Waals surface area contributed by atoms with Crippen molar-refractivity contribution in [2.24, 2.45) is 11.8 Å². The van der Waals surface area contributed by atoms with Crippen molar-refractivity contribution in [2.75, 3.05) is 19.8 Å². The zero-order valence-electron chi connectivity index (χ0n) is 10.1. The van der Waals surface area contributed by atoms with Gasteiger partial charge in [0.15, 0.2) is 6.29 Å². The topological polar surface area (TPSA) is 84.9 Å². The summed E-state index contributed by atoms with van der Waals surface area (Å²) in [4.78, 5) is 22.1. The molecule has 1 aliphatic rings. The number of rotatable bonds is 8. The second-order valence-electron chi connectivity index (χ2n) is 3.87. The van der Waals surface area contributed by atoms with Gasteiger partial charge in [0.1, 0.15) is 0 Å². The van der Waals surface area contributed by atoms with E-state index in [-0.39, 0.29) is 12.5 Å². The third kappa shape index (κ3) is 4.32. The third-order valence-corrected chi connectivity index (χ3v) is 2.59. The lowest BCUT2D eigenvalue weighted by Gasteiger charge is -2.17. The van der Waals surface area contributed by atoms with E-state index in [2.05, 4.69) is 5.32 Å². The molecule has 1 saturated carbocycles. The molecule has 0 spiro atoms. The van der Waals surface area contributed by atoms with Crippen molar-refractivity contribution in [1.29, 1.82) is 0 Å². The highest BCUT2D eigenvalue weighted by molar-refractivity contribution is 5.89. The molecule has 0 heterocycles. The van der Waals surface area contributed by atoms with E-state index in [9.17, 15) is 9.59 Å². The fourth-order valence-corrected chi connectivity index (χ4v) is 1.61. The zero-order chi connectivity index (χ0) is 12.8. The van der Waals surface area contributed by atoms with Crippen LogP contribution in [0.15, 0.2) is 0 Å². The van der Waals surface area contributed by atoms with E-state index < -0.39 is 24.1 Å². The minimum Gasteiger partial charge on any atom is -0.481 e. The maximum atomic E-state index is 11.5. The normalized spacial score (nSPS) is 22.5. The number of hydrogen-bond donors (Lipinski definition) is 2. The molecule has 2 atom stereocenters. The summed E-state index contributed by atoms with van der Waals surface area (Å²) in [5.74, 6) is -2.05.